The SMILES string of the molecule is Cc1ncsc1-c1ccc([C@H](C)NC(=O)[C@@H]2C[C@@H](O)CN2C(=O)[C@@H](NC(=O)OC(C)(C)C)C(C)C)c(O)c1F. The van der Waals surface area contributed by atoms with Crippen molar-refractivity contribution in [3.63, 3.8) is 0 Å². The van der Waals surface area contributed by atoms with Crippen molar-refractivity contribution in [3.05, 3.63) is 34.7 Å². The molecule has 4 atom stereocenters. The average Bonchev–Trinajstić information content (AvgIpc) is 3.42. The van der Waals surface area contributed by atoms with Crippen LogP contribution in [-0.2, 0) is 14.3 Å². The molecule has 10 nitrogen and oxygen atoms in total. The second-order valence-electron chi connectivity index (χ2n) is 11.1. The zero-order chi connectivity index (χ0) is 29.2. The zero-order valence-corrected chi connectivity index (χ0v) is 24.1. The van der Waals surface area contributed by atoms with E-state index in [4.69, 9.17) is 4.74 Å². The van der Waals surface area contributed by atoms with Gasteiger partial charge in [-0.3, -0.25) is 9.59 Å². The number of phenolic OH excluding ortho intramolecular Hbond substituents is 1. The monoisotopic (exact) mass is 564 g/mol. The first-order valence-electron chi connectivity index (χ1n) is 12.8. The molecule has 39 heavy (non-hydrogen) atoms. The van der Waals surface area contributed by atoms with Gasteiger partial charge in [-0.25, -0.2) is 14.2 Å². The number of likely N-dealkylation sites (tertiary alicyclic amines) is 1. The van der Waals surface area contributed by atoms with Crippen molar-refractivity contribution < 1.29 is 33.7 Å². The number of rotatable bonds is 7. The van der Waals surface area contributed by atoms with Crippen molar-refractivity contribution in [2.75, 3.05) is 6.54 Å². The van der Waals surface area contributed by atoms with Gasteiger partial charge in [0.2, 0.25) is 11.8 Å². The lowest BCUT2D eigenvalue weighted by molar-refractivity contribution is -0.141. The van der Waals surface area contributed by atoms with Gasteiger partial charge in [0.05, 0.1) is 28.2 Å². The number of hydrogen-bond acceptors (Lipinski definition) is 8. The standard InChI is InChI=1S/C27H37FN4O6S/c1-13(2)21(31-26(37)38-27(5,6)7)25(36)32-11-16(33)10-19(32)24(35)30-14(3)17-8-9-18(20(28)22(17)34)23-15(4)29-12-39-23/h8-9,12-14,16,19,21,33-34H,10-11H2,1-7H3,(H,30,35)(H,31,37)/t14-,16+,19-,21-/m0/s1. The number of nitrogens with one attached hydrogen (secondary N) is 2. The Balaban J connectivity index is 1.77. The van der Waals surface area contributed by atoms with Gasteiger partial charge in [0, 0.05) is 24.1 Å². The summed E-state index contributed by atoms with van der Waals surface area (Å²) in [6, 6.07) is 0.239. The number of carbonyl (C=O) groups is 3. The van der Waals surface area contributed by atoms with Gasteiger partial charge in [-0.1, -0.05) is 19.9 Å². The lowest BCUT2D eigenvalue weighted by atomic mass is 10.0. The Labute approximate surface area is 231 Å². The number of phenols is 1. The Morgan fingerprint density at radius 3 is 2.44 bits per heavy atom. The Kier molecular flexibility index (Phi) is 9.22. The fourth-order valence-corrected chi connectivity index (χ4v) is 5.31. The van der Waals surface area contributed by atoms with Crippen LogP contribution in [0.15, 0.2) is 17.6 Å². The van der Waals surface area contributed by atoms with Gasteiger partial charge in [-0.05, 0) is 46.6 Å². The summed E-state index contributed by atoms with van der Waals surface area (Å²) in [6.07, 6.45) is -1.72. The maximum Gasteiger partial charge on any atom is 0.408 e. The molecule has 0 aliphatic carbocycles. The number of nitrogens with zero attached hydrogens (tertiary/aromatic N) is 2. The Bertz CT molecular complexity index is 1230. The molecule has 0 saturated carbocycles. The highest BCUT2D eigenvalue weighted by molar-refractivity contribution is 7.13. The van der Waals surface area contributed by atoms with Gasteiger partial charge in [-0.2, -0.15) is 0 Å². The molecule has 2 aromatic rings. The van der Waals surface area contributed by atoms with Gasteiger partial charge >= 0.3 is 6.09 Å². The van der Waals surface area contributed by atoms with Gasteiger partial charge in [0.25, 0.3) is 0 Å². The molecule has 0 radical (unpaired) electrons. The largest absolute Gasteiger partial charge is 0.505 e. The Hall–Kier alpha value is -3.25. The summed E-state index contributed by atoms with van der Waals surface area (Å²) in [5.41, 5.74) is 1.84. The molecule has 0 unspecified atom stereocenters. The van der Waals surface area contributed by atoms with Crippen molar-refractivity contribution in [1.29, 1.82) is 0 Å². The van der Waals surface area contributed by atoms with E-state index in [1.807, 2.05) is 0 Å². The van der Waals surface area contributed by atoms with E-state index in [0.29, 0.717) is 10.6 Å². The fourth-order valence-electron chi connectivity index (χ4n) is 4.48. The van der Waals surface area contributed by atoms with Gasteiger partial charge in [-0.15, -0.1) is 11.3 Å². The second kappa shape index (κ2) is 11.9. The van der Waals surface area contributed by atoms with Crippen LogP contribution in [0, 0.1) is 18.7 Å². The number of aromatic nitrogens is 1. The van der Waals surface area contributed by atoms with Crippen molar-refractivity contribution in [3.8, 4) is 16.2 Å². The molecule has 1 aliphatic heterocycles. The minimum absolute atomic E-state index is 0.00845. The first kappa shape index (κ1) is 30.3. The summed E-state index contributed by atoms with van der Waals surface area (Å²) in [7, 11) is 0. The minimum atomic E-state index is -1.03. The van der Waals surface area contributed by atoms with Crippen LogP contribution in [-0.4, -0.2) is 68.3 Å². The summed E-state index contributed by atoms with van der Waals surface area (Å²) >= 11 is 1.25. The highest BCUT2D eigenvalue weighted by Crippen LogP contribution is 2.37. The first-order valence-corrected chi connectivity index (χ1v) is 13.7. The number of benzene rings is 1. The number of aliphatic hydroxyl groups excluding tert-OH is 1. The van der Waals surface area contributed by atoms with Crippen molar-refractivity contribution in [2.45, 2.75) is 84.7 Å². The number of β-amino-alcohol motifs (C(OH)–C–C–N with tert-alkyl or cyclic N) is 1. The third kappa shape index (κ3) is 7.04. The number of carbonyl (C=O) groups excluding carboxylic acids is 3. The molecule has 214 valence electrons. The van der Waals surface area contributed by atoms with E-state index in [1.54, 1.807) is 54.0 Å². The summed E-state index contributed by atoms with van der Waals surface area (Å²) in [6.45, 7) is 11.8. The number of amides is 3. The van der Waals surface area contributed by atoms with Crippen LogP contribution < -0.4 is 10.6 Å². The van der Waals surface area contributed by atoms with Crippen LogP contribution in [0.5, 0.6) is 5.75 Å². The average molecular weight is 565 g/mol. The van der Waals surface area contributed by atoms with E-state index in [0.717, 1.165) is 0 Å². The summed E-state index contributed by atoms with van der Waals surface area (Å²) < 4.78 is 20.4. The molecular formula is C27H37FN4O6S. The predicted molar refractivity (Wildman–Crippen MR) is 145 cm³/mol. The molecule has 2 heterocycles. The maximum atomic E-state index is 15.1. The molecule has 1 fully saturated rings. The molecule has 1 aliphatic rings. The smallest absolute Gasteiger partial charge is 0.408 e. The minimum Gasteiger partial charge on any atom is -0.505 e. The zero-order valence-electron chi connectivity index (χ0n) is 23.2. The van der Waals surface area contributed by atoms with Crippen molar-refractivity contribution in [2.24, 2.45) is 5.92 Å². The lowest BCUT2D eigenvalue weighted by Crippen LogP contribution is -2.55. The van der Waals surface area contributed by atoms with Crippen LogP contribution in [0.3, 0.4) is 0 Å². The predicted octanol–water partition coefficient (Wildman–Crippen LogP) is 3.65. The molecule has 0 bridgehead atoms. The molecular weight excluding hydrogens is 527 g/mol. The van der Waals surface area contributed by atoms with Crippen LogP contribution >= 0.6 is 11.3 Å². The molecule has 4 N–H and O–H groups in total. The van der Waals surface area contributed by atoms with Crippen LogP contribution in [0.1, 0.15) is 65.3 Å². The maximum absolute atomic E-state index is 15.1. The quantitative estimate of drug-likeness (QED) is 0.402. The van der Waals surface area contributed by atoms with E-state index in [9.17, 15) is 24.6 Å². The lowest BCUT2D eigenvalue weighted by Gasteiger charge is -2.31. The third-order valence-corrected chi connectivity index (χ3v) is 7.39. The molecule has 1 aromatic heterocycles. The van der Waals surface area contributed by atoms with Crippen molar-refractivity contribution >= 4 is 29.2 Å². The fraction of sp³-hybridized carbons (Fsp3) is 0.556. The second-order valence-corrected chi connectivity index (χ2v) is 12.0. The van der Waals surface area contributed by atoms with Crippen LogP contribution in [0.2, 0.25) is 0 Å². The number of halogens is 1. The normalized spacial score (nSPS) is 19.1. The van der Waals surface area contributed by atoms with E-state index in [2.05, 4.69) is 15.6 Å². The third-order valence-electron chi connectivity index (χ3n) is 6.43. The number of aryl methyl sites for hydroxylation is 1. The number of alkyl carbamates (subject to hydrolysis) is 1. The number of hydrogen-bond donors (Lipinski definition) is 4. The molecule has 0 spiro atoms. The van der Waals surface area contributed by atoms with Crippen LogP contribution in [0.4, 0.5) is 9.18 Å². The molecule has 12 heteroatoms. The number of ether oxygens (including phenoxy) is 1. The number of aromatic hydroxyl groups is 1. The summed E-state index contributed by atoms with van der Waals surface area (Å²) in [4.78, 5) is 45.0. The highest BCUT2D eigenvalue weighted by atomic mass is 32.1. The molecule has 3 rings (SSSR count). The molecule has 1 aromatic carbocycles. The Morgan fingerprint density at radius 2 is 1.87 bits per heavy atom. The van der Waals surface area contributed by atoms with Gasteiger partial charge < -0.3 is 30.5 Å². The summed E-state index contributed by atoms with van der Waals surface area (Å²) in [5.74, 6) is -2.84. The van der Waals surface area contributed by atoms with Crippen molar-refractivity contribution in [1.82, 2.24) is 20.5 Å². The van der Waals surface area contributed by atoms with Crippen LogP contribution in [0.25, 0.3) is 10.4 Å². The molecule has 1 saturated heterocycles. The van der Waals surface area contributed by atoms with Gasteiger partial charge in [0.1, 0.15) is 17.7 Å². The van der Waals surface area contributed by atoms with E-state index in [1.165, 1.54) is 28.4 Å². The van der Waals surface area contributed by atoms with E-state index in [-0.39, 0.29) is 30.0 Å². The molecule has 3 amide bonds. The number of thiazole rings is 1. The topological polar surface area (TPSA) is 141 Å². The van der Waals surface area contributed by atoms with Gasteiger partial charge in [0.15, 0.2) is 11.6 Å². The Morgan fingerprint density at radius 1 is 1.21 bits per heavy atom. The van der Waals surface area contributed by atoms with E-state index >= 15 is 4.39 Å². The van der Waals surface area contributed by atoms with E-state index < -0.39 is 59.3 Å². The highest BCUT2D eigenvalue weighted by Gasteiger charge is 2.43. The summed E-state index contributed by atoms with van der Waals surface area (Å²) in [5, 5.41) is 26.2. The number of aliphatic hydroxyl groups is 1. The first-order chi connectivity index (χ1) is 18.1.